The lowest BCUT2D eigenvalue weighted by Gasteiger charge is -2.17. The summed E-state index contributed by atoms with van der Waals surface area (Å²) in [5, 5.41) is 20.6. The maximum absolute atomic E-state index is 9.95. The van der Waals surface area contributed by atoms with Gasteiger partial charge in [-0.05, 0) is 30.2 Å². The SMILES string of the molecule is OC(CCCl)C(O)c1ccc2ncccc2c1. The number of pyridine rings is 1. The fourth-order valence-electron chi connectivity index (χ4n) is 1.77. The molecule has 2 aromatic rings. The summed E-state index contributed by atoms with van der Waals surface area (Å²) in [6, 6.07) is 9.21. The van der Waals surface area contributed by atoms with E-state index in [1.165, 1.54) is 0 Å². The van der Waals surface area contributed by atoms with E-state index in [4.69, 9.17) is 11.6 Å². The monoisotopic (exact) mass is 251 g/mol. The van der Waals surface area contributed by atoms with Crippen LogP contribution in [0, 0.1) is 0 Å². The van der Waals surface area contributed by atoms with Gasteiger partial charge in [-0.25, -0.2) is 0 Å². The molecule has 0 saturated carbocycles. The Hall–Kier alpha value is -1.16. The van der Waals surface area contributed by atoms with E-state index in [1.54, 1.807) is 12.3 Å². The predicted octanol–water partition coefficient (Wildman–Crippen LogP) is 2.26. The number of rotatable bonds is 4. The molecule has 2 rings (SSSR count). The molecule has 1 heterocycles. The highest BCUT2D eigenvalue weighted by atomic mass is 35.5. The highest BCUT2D eigenvalue weighted by molar-refractivity contribution is 6.17. The van der Waals surface area contributed by atoms with Crippen molar-refractivity contribution in [2.75, 3.05) is 5.88 Å². The van der Waals surface area contributed by atoms with Crippen molar-refractivity contribution in [3.05, 3.63) is 42.1 Å². The number of nitrogens with zero attached hydrogens (tertiary/aromatic N) is 1. The van der Waals surface area contributed by atoms with E-state index in [1.807, 2.05) is 24.3 Å². The summed E-state index contributed by atoms with van der Waals surface area (Å²) in [6.45, 7) is 0. The minimum Gasteiger partial charge on any atom is -0.390 e. The molecular formula is C13H14ClNO2. The zero-order chi connectivity index (χ0) is 12.3. The Kier molecular flexibility index (Phi) is 3.94. The van der Waals surface area contributed by atoms with Crippen molar-refractivity contribution in [2.45, 2.75) is 18.6 Å². The second kappa shape index (κ2) is 5.45. The highest BCUT2D eigenvalue weighted by Gasteiger charge is 2.17. The summed E-state index contributed by atoms with van der Waals surface area (Å²) in [4.78, 5) is 4.20. The first-order chi connectivity index (χ1) is 8.22. The van der Waals surface area contributed by atoms with Gasteiger partial charge in [-0.2, -0.15) is 0 Å². The Morgan fingerprint density at radius 3 is 2.82 bits per heavy atom. The molecular weight excluding hydrogens is 238 g/mol. The first-order valence-electron chi connectivity index (χ1n) is 5.49. The Bertz CT molecular complexity index is 503. The van der Waals surface area contributed by atoms with E-state index in [0.29, 0.717) is 17.9 Å². The molecule has 0 amide bonds. The van der Waals surface area contributed by atoms with Crippen LogP contribution < -0.4 is 0 Å². The second-order valence-electron chi connectivity index (χ2n) is 3.95. The van der Waals surface area contributed by atoms with Crippen LogP contribution in [0.15, 0.2) is 36.5 Å². The van der Waals surface area contributed by atoms with Crippen LogP contribution in [0.3, 0.4) is 0 Å². The van der Waals surface area contributed by atoms with Crippen LogP contribution in [-0.2, 0) is 0 Å². The van der Waals surface area contributed by atoms with Gasteiger partial charge in [0.2, 0.25) is 0 Å². The molecule has 4 heteroatoms. The van der Waals surface area contributed by atoms with Crippen molar-refractivity contribution in [1.82, 2.24) is 4.98 Å². The second-order valence-corrected chi connectivity index (χ2v) is 4.32. The quantitative estimate of drug-likeness (QED) is 0.820. The topological polar surface area (TPSA) is 53.4 Å². The maximum atomic E-state index is 9.95. The predicted molar refractivity (Wildman–Crippen MR) is 68.0 cm³/mol. The van der Waals surface area contributed by atoms with Crippen molar-refractivity contribution in [1.29, 1.82) is 0 Å². The summed E-state index contributed by atoms with van der Waals surface area (Å²) in [7, 11) is 0. The van der Waals surface area contributed by atoms with Crippen LogP contribution in [0.2, 0.25) is 0 Å². The number of fused-ring (bicyclic) bond motifs is 1. The van der Waals surface area contributed by atoms with Crippen LogP contribution >= 0.6 is 11.6 Å². The normalized spacial score (nSPS) is 14.8. The van der Waals surface area contributed by atoms with Crippen LogP contribution in [0.1, 0.15) is 18.1 Å². The fourth-order valence-corrected chi connectivity index (χ4v) is 1.99. The average molecular weight is 252 g/mol. The molecule has 17 heavy (non-hydrogen) atoms. The molecule has 0 saturated heterocycles. The number of aromatic nitrogens is 1. The van der Waals surface area contributed by atoms with Crippen molar-refractivity contribution >= 4 is 22.5 Å². The van der Waals surface area contributed by atoms with E-state index in [0.717, 1.165) is 10.9 Å². The van der Waals surface area contributed by atoms with Crippen LogP contribution in [0.25, 0.3) is 10.9 Å². The van der Waals surface area contributed by atoms with Crippen molar-refractivity contribution in [3.8, 4) is 0 Å². The van der Waals surface area contributed by atoms with E-state index in [-0.39, 0.29) is 0 Å². The molecule has 2 atom stereocenters. The van der Waals surface area contributed by atoms with E-state index < -0.39 is 12.2 Å². The van der Waals surface area contributed by atoms with Crippen LogP contribution in [0.4, 0.5) is 0 Å². The van der Waals surface area contributed by atoms with Gasteiger partial charge >= 0.3 is 0 Å². The summed E-state index contributed by atoms with van der Waals surface area (Å²) >= 11 is 5.54. The van der Waals surface area contributed by atoms with Crippen molar-refractivity contribution in [3.63, 3.8) is 0 Å². The molecule has 0 aliphatic rings. The highest BCUT2D eigenvalue weighted by Crippen LogP contribution is 2.22. The molecule has 0 aliphatic heterocycles. The Balaban J connectivity index is 2.29. The smallest absolute Gasteiger partial charge is 0.105 e. The lowest BCUT2D eigenvalue weighted by Crippen LogP contribution is -2.18. The lowest BCUT2D eigenvalue weighted by molar-refractivity contribution is 0.0171. The van der Waals surface area contributed by atoms with Crippen molar-refractivity contribution in [2.24, 2.45) is 0 Å². The van der Waals surface area contributed by atoms with Gasteiger partial charge in [0.05, 0.1) is 11.6 Å². The van der Waals surface area contributed by atoms with Crippen molar-refractivity contribution < 1.29 is 10.2 Å². The molecule has 0 bridgehead atoms. The molecule has 90 valence electrons. The Labute approximate surface area is 105 Å². The lowest BCUT2D eigenvalue weighted by atomic mass is 10.0. The molecule has 1 aromatic carbocycles. The average Bonchev–Trinajstić information content (AvgIpc) is 2.37. The van der Waals surface area contributed by atoms with E-state index in [9.17, 15) is 10.2 Å². The molecule has 0 radical (unpaired) electrons. The van der Waals surface area contributed by atoms with Crippen LogP contribution in [0.5, 0.6) is 0 Å². The number of alkyl halides is 1. The largest absolute Gasteiger partial charge is 0.390 e. The minimum atomic E-state index is -0.904. The third kappa shape index (κ3) is 2.75. The van der Waals surface area contributed by atoms with Gasteiger partial charge in [-0.3, -0.25) is 4.98 Å². The van der Waals surface area contributed by atoms with Gasteiger partial charge in [-0.15, -0.1) is 11.6 Å². The van der Waals surface area contributed by atoms with Gasteiger partial charge in [0.1, 0.15) is 6.10 Å². The number of hydrogen-bond acceptors (Lipinski definition) is 3. The number of aliphatic hydroxyl groups is 2. The first-order valence-corrected chi connectivity index (χ1v) is 6.02. The minimum absolute atomic E-state index is 0.327. The van der Waals surface area contributed by atoms with Gasteiger partial charge < -0.3 is 10.2 Å². The standard InChI is InChI=1S/C13H14ClNO2/c14-6-5-12(16)13(17)10-3-4-11-9(8-10)2-1-7-15-11/h1-4,7-8,12-13,16-17H,5-6H2. The third-order valence-electron chi connectivity index (χ3n) is 2.74. The zero-order valence-corrected chi connectivity index (χ0v) is 10.0. The van der Waals surface area contributed by atoms with E-state index >= 15 is 0 Å². The number of benzene rings is 1. The van der Waals surface area contributed by atoms with Gasteiger partial charge in [0, 0.05) is 17.5 Å². The van der Waals surface area contributed by atoms with E-state index in [2.05, 4.69) is 4.98 Å². The number of halogens is 1. The zero-order valence-electron chi connectivity index (χ0n) is 9.25. The molecule has 2 unspecified atom stereocenters. The van der Waals surface area contributed by atoms with Gasteiger partial charge in [-0.1, -0.05) is 12.1 Å². The van der Waals surface area contributed by atoms with Gasteiger partial charge in [0.15, 0.2) is 0 Å². The summed E-state index contributed by atoms with van der Waals surface area (Å²) in [5.74, 6) is 0.327. The molecule has 2 N–H and O–H groups in total. The molecule has 0 fully saturated rings. The summed E-state index contributed by atoms with van der Waals surface area (Å²) < 4.78 is 0. The van der Waals surface area contributed by atoms with Gasteiger partial charge in [0.25, 0.3) is 0 Å². The summed E-state index contributed by atoms with van der Waals surface area (Å²) in [5.41, 5.74) is 1.55. The maximum Gasteiger partial charge on any atom is 0.105 e. The third-order valence-corrected chi connectivity index (χ3v) is 2.96. The molecule has 0 spiro atoms. The number of hydrogen-bond donors (Lipinski definition) is 2. The Morgan fingerprint density at radius 2 is 2.06 bits per heavy atom. The fraction of sp³-hybridized carbons (Fsp3) is 0.308. The van der Waals surface area contributed by atoms with Crippen LogP contribution in [-0.4, -0.2) is 27.2 Å². The molecule has 0 aliphatic carbocycles. The summed E-state index contributed by atoms with van der Waals surface area (Å²) in [6.07, 6.45) is 0.356. The molecule has 1 aromatic heterocycles. The Morgan fingerprint density at radius 1 is 1.24 bits per heavy atom. The number of aliphatic hydroxyl groups excluding tert-OH is 2. The first kappa shape index (κ1) is 12.3. The molecule has 3 nitrogen and oxygen atoms in total.